The SMILES string of the molecule is CCCC(CCC(N)=O)NC(=O)C1CCC(CCC)N1C(O)C(CC)CCCC(O)C(Cc1ccc(OCC(OCOC(=O)C(C)(C)C)OCOC(O)C(C)(C)C)cc1)NC(=O)OCc1ccccc1. The van der Waals surface area contributed by atoms with Gasteiger partial charge >= 0.3 is 12.1 Å². The fourth-order valence-electron chi connectivity index (χ4n) is 8.34. The average Bonchev–Trinajstić information content (AvgIpc) is 3.74. The lowest BCUT2D eigenvalue weighted by molar-refractivity contribution is -0.272. The third-order valence-electron chi connectivity index (χ3n) is 12.6. The highest BCUT2D eigenvalue weighted by atomic mass is 16.8. The number of nitrogens with two attached hydrogens (primary N) is 1. The van der Waals surface area contributed by atoms with Gasteiger partial charge in [-0.1, -0.05) is 103 Å². The molecule has 7 N–H and O–H groups in total. The van der Waals surface area contributed by atoms with Gasteiger partial charge in [-0.3, -0.25) is 19.3 Å². The first kappa shape index (κ1) is 59.9. The molecule has 0 spiro atoms. The van der Waals surface area contributed by atoms with Crippen molar-refractivity contribution in [3.05, 3.63) is 65.7 Å². The molecule has 0 radical (unpaired) electrons. The molecule has 0 saturated carbocycles. The van der Waals surface area contributed by atoms with Gasteiger partial charge in [0, 0.05) is 23.9 Å². The fourth-order valence-corrected chi connectivity index (χ4v) is 8.34. The number of aliphatic hydroxyl groups excluding tert-OH is 3. The number of amides is 3. The Balaban J connectivity index is 1.71. The monoisotopic (exact) mass is 987 g/mol. The Morgan fingerprint density at radius 1 is 0.786 bits per heavy atom. The lowest BCUT2D eigenvalue weighted by Crippen LogP contribution is -2.54. The largest absolute Gasteiger partial charge is 0.488 e. The number of hydrogen-bond acceptors (Lipinski definition) is 14. The predicted molar refractivity (Wildman–Crippen MR) is 265 cm³/mol. The van der Waals surface area contributed by atoms with Crippen molar-refractivity contribution >= 4 is 23.9 Å². The number of ether oxygens (including phenoxy) is 6. The first-order valence-electron chi connectivity index (χ1n) is 25.3. The number of carbonyl (C=O) groups excluding carboxylic acids is 4. The van der Waals surface area contributed by atoms with Crippen LogP contribution >= 0.6 is 0 Å². The molecule has 17 heteroatoms. The zero-order chi connectivity index (χ0) is 51.9. The molecule has 9 unspecified atom stereocenters. The first-order chi connectivity index (χ1) is 33.2. The quantitative estimate of drug-likeness (QED) is 0.0314. The molecule has 396 valence electrons. The molecular formula is C53H86N4O13. The van der Waals surface area contributed by atoms with Gasteiger partial charge in [-0.25, -0.2) is 4.79 Å². The summed E-state index contributed by atoms with van der Waals surface area (Å²) in [7, 11) is 0. The molecule has 0 aromatic heterocycles. The van der Waals surface area contributed by atoms with Crippen molar-refractivity contribution in [2.45, 2.75) is 201 Å². The minimum atomic E-state index is -1.11. The second kappa shape index (κ2) is 30.5. The number of nitrogens with one attached hydrogen (secondary N) is 2. The van der Waals surface area contributed by atoms with Crippen LogP contribution in [0.3, 0.4) is 0 Å². The second-order valence-corrected chi connectivity index (χ2v) is 20.6. The van der Waals surface area contributed by atoms with Crippen LogP contribution in [0.15, 0.2) is 54.6 Å². The molecule has 9 atom stereocenters. The van der Waals surface area contributed by atoms with Crippen LogP contribution in [-0.2, 0) is 51.1 Å². The van der Waals surface area contributed by atoms with E-state index in [1.54, 1.807) is 32.9 Å². The van der Waals surface area contributed by atoms with Crippen molar-refractivity contribution in [2.24, 2.45) is 22.5 Å². The van der Waals surface area contributed by atoms with E-state index in [0.29, 0.717) is 44.3 Å². The summed E-state index contributed by atoms with van der Waals surface area (Å²) in [6, 6.07) is 15.0. The number of esters is 1. The van der Waals surface area contributed by atoms with Crippen LogP contribution in [-0.4, -0.2) is 113 Å². The molecule has 70 heavy (non-hydrogen) atoms. The molecule has 0 bridgehead atoms. The summed E-state index contributed by atoms with van der Waals surface area (Å²) >= 11 is 0. The van der Waals surface area contributed by atoms with Crippen LogP contribution < -0.4 is 21.1 Å². The maximum absolute atomic E-state index is 13.8. The zero-order valence-corrected chi connectivity index (χ0v) is 43.4. The number of rotatable bonds is 32. The Bertz CT molecular complexity index is 1820. The van der Waals surface area contributed by atoms with E-state index in [9.17, 15) is 34.5 Å². The van der Waals surface area contributed by atoms with E-state index < -0.39 is 72.6 Å². The molecule has 1 heterocycles. The van der Waals surface area contributed by atoms with Gasteiger partial charge in [-0.05, 0) is 108 Å². The van der Waals surface area contributed by atoms with E-state index in [4.69, 9.17) is 34.2 Å². The van der Waals surface area contributed by atoms with Crippen LogP contribution in [0.5, 0.6) is 5.75 Å². The van der Waals surface area contributed by atoms with Crippen molar-refractivity contribution in [1.29, 1.82) is 0 Å². The number of hydrogen-bond donors (Lipinski definition) is 6. The number of likely N-dealkylation sites (tertiary alicyclic amines) is 1. The topological polar surface area (TPSA) is 238 Å². The van der Waals surface area contributed by atoms with Crippen molar-refractivity contribution in [1.82, 2.24) is 15.5 Å². The van der Waals surface area contributed by atoms with Crippen LogP contribution in [0, 0.1) is 16.7 Å². The molecule has 1 aliphatic rings. The first-order valence-corrected chi connectivity index (χ1v) is 25.3. The number of nitrogens with zero attached hydrogens (tertiary/aromatic N) is 1. The molecule has 0 aliphatic carbocycles. The number of carbonyl (C=O) groups is 4. The summed E-state index contributed by atoms with van der Waals surface area (Å²) in [6.45, 7) is 16.0. The van der Waals surface area contributed by atoms with E-state index in [2.05, 4.69) is 17.6 Å². The lowest BCUT2D eigenvalue weighted by Gasteiger charge is -2.38. The van der Waals surface area contributed by atoms with E-state index >= 15 is 0 Å². The molecule has 1 saturated heterocycles. The van der Waals surface area contributed by atoms with Gasteiger partial charge in [0.2, 0.25) is 11.8 Å². The summed E-state index contributed by atoms with van der Waals surface area (Å²) in [5, 5.41) is 40.1. The summed E-state index contributed by atoms with van der Waals surface area (Å²) in [5.74, 6) is -0.728. The highest BCUT2D eigenvalue weighted by Gasteiger charge is 2.43. The standard InChI is InChI=1S/C53H86N4O13/c1-10-17-39(25-30-45(54)59)55-47(60)43-29-26-40(18-11-2)57(43)48(61)38(12-3)21-16-22-44(58)42(56-51(64)66-32-37-19-14-13-15-20-37)31-36-23-27-41(28-24-36)65-33-46(67-34-69-49(62)52(4,5)6)68-35-70-50(63)53(7,8)9/h13-15,19-20,23-24,27-28,38-40,42-44,46,48-49,58,61-62H,10-12,16-18,21-22,25-26,29-35H2,1-9H3,(H2,54,59)(H,55,60)(H,56,64). The number of primary amides is 1. The number of aliphatic hydroxyl groups is 3. The maximum Gasteiger partial charge on any atom is 0.407 e. The molecule has 2 aromatic rings. The molecule has 3 amide bonds. The highest BCUT2D eigenvalue weighted by molar-refractivity contribution is 5.82. The number of alkyl carbamates (subject to hydrolysis) is 1. The van der Waals surface area contributed by atoms with Gasteiger partial charge in [0.25, 0.3) is 0 Å². The summed E-state index contributed by atoms with van der Waals surface area (Å²) in [4.78, 5) is 52.9. The molecule has 2 aromatic carbocycles. The van der Waals surface area contributed by atoms with Crippen molar-refractivity contribution in [3.8, 4) is 5.75 Å². The zero-order valence-electron chi connectivity index (χ0n) is 43.4. The third kappa shape index (κ3) is 21.6. The van der Waals surface area contributed by atoms with Gasteiger partial charge in [-0.2, -0.15) is 0 Å². The molecule has 3 rings (SSSR count). The predicted octanol–water partition coefficient (Wildman–Crippen LogP) is 7.21. The second-order valence-electron chi connectivity index (χ2n) is 20.6. The summed E-state index contributed by atoms with van der Waals surface area (Å²) in [6.07, 6.45) is 3.03. The van der Waals surface area contributed by atoms with Crippen LogP contribution in [0.1, 0.15) is 150 Å². The highest BCUT2D eigenvalue weighted by Crippen LogP contribution is 2.34. The van der Waals surface area contributed by atoms with Gasteiger partial charge < -0.3 is 60.1 Å². The van der Waals surface area contributed by atoms with Gasteiger partial charge in [0.15, 0.2) is 26.2 Å². The average molecular weight is 987 g/mol. The minimum Gasteiger partial charge on any atom is -0.488 e. The van der Waals surface area contributed by atoms with E-state index in [-0.39, 0.29) is 56.8 Å². The fraction of sp³-hybridized carbons (Fsp3) is 0.698. The number of benzene rings is 2. The Hall–Kier alpha value is -4.36. The molecule has 1 aliphatic heterocycles. The Morgan fingerprint density at radius 3 is 2.09 bits per heavy atom. The van der Waals surface area contributed by atoms with E-state index in [1.165, 1.54) is 0 Å². The van der Waals surface area contributed by atoms with Gasteiger partial charge in [0.1, 0.15) is 25.2 Å². The molecule has 1 fully saturated rings. The smallest absolute Gasteiger partial charge is 0.407 e. The van der Waals surface area contributed by atoms with Gasteiger partial charge in [0.05, 0.1) is 23.6 Å². The lowest BCUT2D eigenvalue weighted by atomic mass is 9.92. The molecule has 17 nitrogen and oxygen atoms in total. The van der Waals surface area contributed by atoms with E-state index in [0.717, 1.165) is 43.2 Å². The maximum atomic E-state index is 13.8. The summed E-state index contributed by atoms with van der Waals surface area (Å²) < 4.78 is 33.6. The van der Waals surface area contributed by atoms with Crippen LogP contribution in [0.2, 0.25) is 0 Å². The minimum absolute atomic E-state index is 0.0407. The van der Waals surface area contributed by atoms with Crippen LogP contribution in [0.25, 0.3) is 0 Å². The third-order valence-corrected chi connectivity index (χ3v) is 12.6. The summed E-state index contributed by atoms with van der Waals surface area (Å²) in [5.41, 5.74) is 5.74. The Morgan fingerprint density at radius 2 is 1.47 bits per heavy atom. The Kier molecular flexibility index (Phi) is 26.1. The Labute approximate surface area is 416 Å². The van der Waals surface area contributed by atoms with E-state index in [1.807, 2.05) is 82.0 Å². The van der Waals surface area contributed by atoms with Crippen molar-refractivity contribution in [3.63, 3.8) is 0 Å². The van der Waals surface area contributed by atoms with Crippen LogP contribution in [0.4, 0.5) is 4.79 Å². The molecular weight excluding hydrogens is 901 g/mol. The van der Waals surface area contributed by atoms with Crippen molar-refractivity contribution < 1.29 is 62.9 Å². The van der Waals surface area contributed by atoms with Crippen molar-refractivity contribution in [2.75, 3.05) is 20.2 Å². The normalized spacial score (nSPS) is 18.5. The van der Waals surface area contributed by atoms with Gasteiger partial charge in [-0.15, -0.1) is 0 Å².